The van der Waals surface area contributed by atoms with E-state index in [0.29, 0.717) is 6.04 Å². The molecule has 0 radical (unpaired) electrons. The molecule has 2 rings (SSSR count). The van der Waals surface area contributed by atoms with Crippen molar-refractivity contribution in [2.24, 2.45) is 4.99 Å². The number of guanidine groups is 1. The van der Waals surface area contributed by atoms with Crippen LogP contribution in [0.4, 0.5) is 5.69 Å². The minimum Gasteiger partial charge on any atom is -0.369 e. The zero-order valence-corrected chi connectivity index (χ0v) is 16.2. The lowest BCUT2D eigenvalue weighted by Gasteiger charge is -2.33. The molecule has 6 heteroatoms. The first-order valence-electron chi connectivity index (χ1n) is 8.47. The van der Waals surface area contributed by atoms with E-state index in [1.165, 1.54) is 5.69 Å². The number of nitrogens with zero attached hydrogens (tertiary/aromatic N) is 3. The first-order valence-corrected chi connectivity index (χ1v) is 8.85. The van der Waals surface area contributed by atoms with Crippen molar-refractivity contribution < 1.29 is 0 Å². The lowest BCUT2D eigenvalue weighted by molar-refractivity contribution is 0.197. The summed E-state index contributed by atoms with van der Waals surface area (Å²) in [4.78, 5) is 8.94. The van der Waals surface area contributed by atoms with E-state index < -0.39 is 0 Å². The Balaban J connectivity index is 1.87. The summed E-state index contributed by atoms with van der Waals surface area (Å²) in [6, 6.07) is 8.44. The fourth-order valence-corrected chi connectivity index (χ4v) is 2.82. The van der Waals surface area contributed by atoms with Crippen LogP contribution in [0.5, 0.6) is 0 Å². The Hall–Kier alpha value is -1.46. The summed E-state index contributed by atoms with van der Waals surface area (Å²) in [5.74, 6) is 0.864. The lowest BCUT2D eigenvalue weighted by Crippen LogP contribution is -2.52. The predicted octanol–water partition coefficient (Wildman–Crippen LogP) is 2.42. The molecule has 1 fully saturated rings. The molecule has 1 atom stereocenters. The SMILES string of the molecule is CN=C(NCC(C)(C)N(C)C)NC1CCN(c2cccc(Cl)c2)C1. The Labute approximate surface area is 151 Å². The molecule has 0 bridgehead atoms. The normalized spacial score (nSPS) is 19.0. The van der Waals surface area contributed by atoms with Crippen molar-refractivity contribution in [2.75, 3.05) is 45.7 Å². The summed E-state index contributed by atoms with van der Waals surface area (Å²) in [6.07, 6.45) is 1.09. The van der Waals surface area contributed by atoms with E-state index in [0.717, 1.165) is 37.0 Å². The largest absolute Gasteiger partial charge is 0.369 e. The van der Waals surface area contributed by atoms with E-state index in [1.807, 2.05) is 25.2 Å². The fourth-order valence-electron chi connectivity index (χ4n) is 2.63. The van der Waals surface area contributed by atoms with Crippen LogP contribution >= 0.6 is 11.6 Å². The van der Waals surface area contributed by atoms with Crippen LogP contribution in [0.25, 0.3) is 0 Å². The van der Waals surface area contributed by atoms with Gasteiger partial charge in [-0.15, -0.1) is 0 Å². The highest BCUT2D eigenvalue weighted by atomic mass is 35.5. The maximum absolute atomic E-state index is 6.10. The Kier molecular flexibility index (Phi) is 6.35. The van der Waals surface area contributed by atoms with Crippen molar-refractivity contribution in [2.45, 2.75) is 31.8 Å². The number of hydrogen-bond donors (Lipinski definition) is 2. The maximum atomic E-state index is 6.10. The van der Waals surface area contributed by atoms with Gasteiger partial charge in [0.15, 0.2) is 5.96 Å². The van der Waals surface area contributed by atoms with E-state index in [1.54, 1.807) is 0 Å². The molecule has 2 N–H and O–H groups in total. The Morgan fingerprint density at radius 3 is 2.79 bits per heavy atom. The van der Waals surface area contributed by atoms with E-state index in [4.69, 9.17) is 11.6 Å². The molecule has 1 aliphatic rings. The molecule has 24 heavy (non-hydrogen) atoms. The van der Waals surface area contributed by atoms with Crippen molar-refractivity contribution in [3.63, 3.8) is 0 Å². The molecule has 0 spiro atoms. The smallest absolute Gasteiger partial charge is 0.191 e. The molecule has 134 valence electrons. The highest BCUT2D eigenvalue weighted by Gasteiger charge is 2.25. The molecule has 1 aromatic rings. The molecular weight excluding hydrogens is 322 g/mol. The third-order valence-electron chi connectivity index (χ3n) is 4.83. The standard InChI is InChI=1S/C18H30ClN5/c1-18(2,23(4)5)13-21-17(20-3)22-15-9-10-24(12-15)16-8-6-7-14(19)11-16/h6-8,11,15H,9-10,12-13H2,1-5H3,(H2,20,21,22). The first-order chi connectivity index (χ1) is 11.3. The molecule has 1 aliphatic heterocycles. The van der Waals surface area contributed by atoms with Crippen molar-refractivity contribution in [3.05, 3.63) is 29.3 Å². The van der Waals surface area contributed by atoms with Gasteiger partial charge in [0.25, 0.3) is 0 Å². The summed E-state index contributed by atoms with van der Waals surface area (Å²) in [5.41, 5.74) is 1.25. The average molecular weight is 352 g/mol. The second-order valence-corrected chi connectivity index (χ2v) is 7.62. The third kappa shape index (κ3) is 5.02. The van der Waals surface area contributed by atoms with Gasteiger partial charge in [-0.25, -0.2) is 0 Å². The fraction of sp³-hybridized carbons (Fsp3) is 0.611. The number of nitrogens with one attached hydrogen (secondary N) is 2. The average Bonchev–Trinajstić information content (AvgIpc) is 3.00. The summed E-state index contributed by atoms with van der Waals surface area (Å²) in [7, 11) is 6.01. The van der Waals surface area contributed by atoms with Gasteiger partial charge in [0.1, 0.15) is 0 Å². The van der Waals surface area contributed by atoms with Gasteiger partial charge in [0.05, 0.1) is 0 Å². The summed E-state index contributed by atoms with van der Waals surface area (Å²) >= 11 is 6.10. The first kappa shape index (κ1) is 18.9. The maximum Gasteiger partial charge on any atom is 0.191 e. The van der Waals surface area contributed by atoms with Crippen LogP contribution in [0, 0.1) is 0 Å². The van der Waals surface area contributed by atoms with Crippen molar-refractivity contribution in [1.29, 1.82) is 0 Å². The number of benzene rings is 1. The molecule has 0 saturated carbocycles. The van der Waals surface area contributed by atoms with Gasteiger partial charge in [0, 0.05) is 49.0 Å². The predicted molar refractivity (Wildman–Crippen MR) is 104 cm³/mol. The number of likely N-dealkylation sites (N-methyl/N-ethyl adjacent to an activating group) is 1. The topological polar surface area (TPSA) is 42.9 Å². The van der Waals surface area contributed by atoms with Crippen LogP contribution in [-0.4, -0.2) is 63.2 Å². The van der Waals surface area contributed by atoms with Gasteiger partial charge in [-0.05, 0) is 52.6 Å². The number of anilines is 1. The number of halogens is 1. The van der Waals surface area contributed by atoms with Gasteiger partial charge in [-0.1, -0.05) is 17.7 Å². The van der Waals surface area contributed by atoms with Crippen LogP contribution in [0.1, 0.15) is 20.3 Å². The number of hydrogen-bond acceptors (Lipinski definition) is 3. The number of rotatable bonds is 5. The molecule has 1 unspecified atom stereocenters. The second-order valence-electron chi connectivity index (χ2n) is 7.19. The zero-order valence-electron chi connectivity index (χ0n) is 15.4. The number of aliphatic imine (C=N–C) groups is 1. The highest BCUT2D eigenvalue weighted by molar-refractivity contribution is 6.30. The molecule has 1 aromatic carbocycles. The molecule has 0 aromatic heterocycles. The molecule has 0 aliphatic carbocycles. The minimum absolute atomic E-state index is 0.0696. The van der Waals surface area contributed by atoms with E-state index in [2.05, 4.69) is 59.4 Å². The van der Waals surface area contributed by atoms with Crippen LogP contribution in [0.15, 0.2) is 29.3 Å². The van der Waals surface area contributed by atoms with E-state index in [9.17, 15) is 0 Å². The van der Waals surface area contributed by atoms with Crippen molar-refractivity contribution in [1.82, 2.24) is 15.5 Å². The van der Waals surface area contributed by atoms with E-state index >= 15 is 0 Å². The Morgan fingerprint density at radius 2 is 2.17 bits per heavy atom. The second kappa shape index (κ2) is 8.08. The van der Waals surface area contributed by atoms with E-state index in [-0.39, 0.29) is 5.54 Å². The summed E-state index contributed by atoms with van der Waals surface area (Å²) < 4.78 is 0. The van der Waals surface area contributed by atoms with Gasteiger partial charge >= 0.3 is 0 Å². The molecule has 0 amide bonds. The molecule has 5 nitrogen and oxygen atoms in total. The Bertz CT molecular complexity index is 570. The lowest BCUT2D eigenvalue weighted by atomic mass is 10.0. The highest BCUT2D eigenvalue weighted by Crippen LogP contribution is 2.23. The Morgan fingerprint density at radius 1 is 1.42 bits per heavy atom. The summed E-state index contributed by atoms with van der Waals surface area (Å²) in [5, 5.41) is 7.76. The van der Waals surface area contributed by atoms with Gasteiger partial charge in [0.2, 0.25) is 0 Å². The van der Waals surface area contributed by atoms with Crippen LogP contribution in [0.3, 0.4) is 0 Å². The van der Waals surface area contributed by atoms with Crippen LogP contribution < -0.4 is 15.5 Å². The minimum atomic E-state index is 0.0696. The zero-order chi connectivity index (χ0) is 17.7. The van der Waals surface area contributed by atoms with Crippen molar-refractivity contribution >= 4 is 23.2 Å². The van der Waals surface area contributed by atoms with Gasteiger partial charge in [-0.3, -0.25) is 4.99 Å². The monoisotopic (exact) mass is 351 g/mol. The van der Waals surface area contributed by atoms with Crippen LogP contribution in [-0.2, 0) is 0 Å². The molecular formula is C18H30ClN5. The van der Waals surface area contributed by atoms with Gasteiger partial charge < -0.3 is 20.4 Å². The van der Waals surface area contributed by atoms with Crippen molar-refractivity contribution in [3.8, 4) is 0 Å². The van der Waals surface area contributed by atoms with Crippen LogP contribution in [0.2, 0.25) is 5.02 Å². The summed E-state index contributed by atoms with van der Waals surface area (Å²) in [6.45, 7) is 7.24. The molecule has 1 heterocycles. The van der Waals surface area contributed by atoms with Gasteiger partial charge in [-0.2, -0.15) is 0 Å². The molecule has 1 saturated heterocycles. The third-order valence-corrected chi connectivity index (χ3v) is 5.06. The quantitative estimate of drug-likeness (QED) is 0.631.